The van der Waals surface area contributed by atoms with Gasteiger partial charge in [0.2, 0.25) is 0 Å². The van der Waals surface area contributed by atoms with Crippen LogP contribution in [-0.2, 0) is 4.79 Å². The molecule has 1 aliphatic rings. The first-order valence-electron chi connectivity index (χ1n) is 5.85. The third-order valence-corrected chi connectivity index (χ3v) is 3.44. The zero-order valence-electron chi connectivity index (χ0n) is 9.80. The van der Waals surface area contributed by atoms with Crippen LogP contribution in [0, 0.1) is 5.92 Å². The molecule has 1 N–H and O–H groups in total. The number of piperidine rings is 1. The number of benzene rings is 1. The summed E-state index contributed by atoms with van der Waals surface area (Å²) in [6, 6.07) is 6.80. The lowest BCUT2D eigenvalue weighted by Crippen LogP contribution is -2.40. The average Bonchev–Trinajstić information content (AvgIpc) is 2.38. The van der Waals surface area contributed by atoms with Crippen molar-refractivity contribution in [1.82, 2.24) is 4.90 Å². The Morgan fingerprint density at radius 3 is 2.50 bits per heavy atom. The number of hydrogen-bond acceptors (Lipinski definition) is 2. The molecule has 0 aliphatic carbocycles. The molecule has 1 heterocycles. The molecule has 1 aliphatic heterocycles. The topological polar surface area (TPSA) is 57.6 Å². The molecule has 0 radical (unpaired) electrons. The van der Waals surface area contributed by atoms with Crippen LogP contribution in [0.2, 0.25) is 5.02 Å². The zero-order chi connectivity index (χ0) is 13.1. The summed E-state index contributed by atoms with van der Waals surface area (Å²) in [4.78, 5) is 24.7. The number of carbonyl (C=O) groups is 2. The first kappa shape index (κ1) is 12.9. The van der Waals surface area contributed by atoms with Crippen LogP contribution in [0.4, 0.5) is 0 Å². The number of likely N-dealkylation sites (tertiary alicyclic amines) is 1. The van der Waals surface area contributed by atoms with Gasteiger partial charge in [0.25, 0.3) is 5.91 Å². The Kier molecular flexibility index (Phi) is 3.87. The molecule has 1 saturated heterocycles. The van der Waals surface area contributed by atoms with Crippen LogP contribution in [0.15, 0.2) is 24.3 Å². The van der Waals surface area contributed by atoms with Gasteiger partial charge in [0.15, 0.2) is 0 Å². The van der Waals surface area contributed by atoms with E-state index in [9.17, 15) is 9.59 Å². The van der Waals surface area contributed by atoms with Crippen molar-refractivity contribution >= 4 is 23.5 Å². The van der Waals surface area contributed by atoms with E-state index in [1.165, 1.54) is 0 Å². The lowest BCUT2D eigenvalue weighted by atomic mass is 9.96. The fourth-order valence-corrected chi connectivity index (χ4v) is 2.32. The Morgan fingerprint density at radius 2 is 1.94 bits per heavy atom. The van der Waals surface area contributed by atoms with Gasteiger partial charge >= 0.3 is 5.97 Å². The van der Waals surface area contributed by atoms with Crippen LogP contribution in [0.5, 0.6) is 0 Å². The Balaban J connectivity index is 2.02. The van der Waals surface area contributed by atoms with Gasteiger partial charge in [-0.1, -0.05) is 17.7 Å². The minimum atomic E-state index is -0.773. The van der Waals surface area contributed by atoms with Crippen molar-refractivity contribution in [2.45, 2.75) is 12.8 Å². The fraction of sp³-hybridized carbons (Fsp3) is 0.385. The first-order valence-corrected chi connectivity index (χ1v) is 6.23. The number of carbonyl (C=O) groups excluding carboxylic acids is 1. The normalized spacial score (nSPS) is 16.6. The van der Waals surface area contributed by atoms with Crippen LogP contribution < -0.4 is 0 Å². The van der Waals surface area contributed by atoms with E-state index in [4.69, 9.17) is 16.7 Å². The second-order valence-corrected chi connectivity index (χ2v) is 4.85. The average molecular weight is 268 g/mol. The zero-order valence-corrected chi connectivity index (χ0v) is 10.6. The van der Waals surface area contributed by atoms with Crippen molar-refractivity contribution in [3.8, 4) is 0 Å². The highest BCUT2D eigenvalue weighted by molar-refractivity contribution is 6.30. The highest BCUT2D eigenvalue weighted by atomic mass is 35.5. The molecule has 4 nitrogen and oxygen atoms in total. The van der Waals surface area contributed by atoms with Gasteiger partial charge in [-0.2, -0.15) is 0 Å². The summed E-state index contributed by atoms with van der Waals surface area (Å²) < 4.78 is 0. The molecule has 0 bridgehead atoms. The molecule has 1 amide bonds. The van der Waals surface area contributed by atoms with Crippen LogP contribution >= 0.6 is 11.6 Å². The molecule has 0 saturated carbocycles. The third-order valence-electron chi connectivity index (χ3n) is 3.20. The molecular formula is C13H14ClNO3. The summed E-state index contributed by atoms with van der Waals surface area (Å²) in [5.74, 6) is -1.18. The van der Waals surface area contributed by atoms with Crippen molar-refractivity contribution in [2.75, 3.05) is 13.1 Å². The van der Waals surface area contributed by atoms with Crippen molar-refractivity contribution in [3.05, 3.63) is 34.9 Å². The molecule has 0 spiro atoms. The lowest BCUT2D eigenvalue weighted by Gasteiger charge is -2.30. The van der Waals surface area contributed by atoms with Gasteiger partial charge in [-0.15, -0.1) is 0 Å². The molecule has 1 aromatic carbocycles. The number of amides is 1. The largest absolute Gasteiger partial charge is 0.481 e. The molecule has 0 aromatic heterocycles. The molecule has 0 unspecified atom stereocenters. The predicted molar refractivity (Wildman–Crippen MR) is 67.7 cm³/mol. The number of rotatable bonds is 2. The number of aliphatic carboxylic acids is 1. The number of halogens is 1. The molecule has 18 heavy (non-hydrogen) atoms. The van der Waals surface area contributed by atoms with Gasteiger partial charge in [-0.25, -0.2) is 0 Å². The maximum Gasteiger partial charge on any atom is 0.306 e. The maximum atomic E-state index is 12.1. The summed E-state index contributed by atoms with van der Waals surface area (Å²) in [5, 5.41) is 9.42. The second kappa shape index (κ2) is 5.40. The fourth-order valence-electron chi connectivity index (χ4n) is 2.13. The van der Waals surface area contributed by atoms with Crippen molar-refractivity contribution < 1.29 is 14.7 Å². The van der Waals surface area contributed by atoms with Crippen molar-refractivity contribution in [1.29, 1.82) is 0 Å². The van der Waals surface area contributed by atoms with E-state index >= 15 is 0 Å². The van der Waals surface area contributed by atoms with Crippen LogP contribution in [-0.4, -0.2) is 35.0 Å². The minimum Gasteiger partial charge on any atom is -0.481 e. The number of nitrogens with zero attached hydrogens (tertiary/aromatic N) is 1. The van der Waals surface area contributed by atoms with Crippen molar-refractivity contribution in [3.63, 3.8) is 0 Å². The quantitative estimate of drug-likeness (QED) is 0.894. The Morgan fingerprint density at radius 1 is 1.28 bits per heavy atom. The van der Waals surface area contributed by atoms with E-state index in [1.807, 2.05) is 0 Å². The Labute approximate surface area is 110 Å². The third kappa shape index (κ3) is 2.82. The summed E-state index contributed by atoms with van der Waals surface area (Å²) in [6.45, 7) is 0.977. The van der Waals surface area contributed by atoms with Crippen LogP contribution in [0.3, 0.4) is 0 Å². The van der Waals surface area contributed by atoms with Gasteiger partial charge in [0, 0.05) is 23.7 Å². The van der Waals surface area contributed by atoms with Crippen LogP contribution in [0.1, 0.15) is 23.2 Å². The standard InChI is InChI=1S/C13H14ClNO3/c14-11-3-1-2-10(8-11)12(16)15-6-4-9(5-7-15)13(17)18/h1-3,8-9H,4-7H2,(H,17,18). The molecule has 5 heteroatoms. The van der Waals surface area contributed by atoms with E-state index in [1.54, 1.807) is 29.2 Å². The number of carboxylic acid groups (broad SMARTS) is 1. The van der Waals surface area contributed by atoms with E-state index in [-0.39, 0.29) is 11.8 Å². The van der Waals surface area contributed by atoms with Gasteiger partial charge < -0.3 is 10.0 Å². The predicted octanol–water partition coefficient (Wildman–Crippen LogP) is 2.28. The van der Waals surface area contributed by atoms with Crippen LogP contribution in [0.25, 0.3) is 0 Å². The SMILES string of the molecule is O=C(O)C1CCN(C(=O)c2cccc(Cl)c2)CC1. The Bertz CT molecular complexity index is 467. The molecule has 2 rings (SSSR count). The van der Waals surface area contributed by atoms with E-state index in [0.29, 0.717) is 36.5 Å². The highest BCUT2D eigenvalue weighted by Gasteiger charge is 2.27. The molecule has 1 aromatic rings. The minimum absolute atomic E-state index is 0.0821. The van der Waals surface area contributed by atoms with Gasteiger partial charge in [0.1, 0.15) is 0 Å². The second-order valence-electron chi connectivity index (χ2n) is 4.42. The molecule has 0 atom stereocenters. The summed E-state index contributed by atoms with van der Waals surface area (Å²) >= 11 is 5.84. The van der Waals surface area contributed by atoms with Gasteiger partial charge in [-0.3, -0.25) is 9.59 Å². The number of carboxylic acids is 1. The number of hydrogen-bond donors (Lipinski definition) is 1. The Hall–Kier alpha value is -1.55. The molecule has 96 valence electrons. The van der Waals surface area contributed by atoms with E-state index in [2.05, 4.69) is 0 Å². The summed E-state index contributed by atoms with van der Waals surface area (Å²) in [5.41, 5.74) is 0.552. The monoisotopic (exact) mass is 267 g/mol. The smallest absolute Gasteiger partial charge is 0.306 e. The first-order chi connectivity index (χ1) is 8.58. The molecular weight excluding hydrogens is 254 g/mol. The summed E-state index contributed by atoms with van der Waals surface area (Å²) in [7, 11) is 0. The van der Waals surface area contributed by atoms with E-state index in [0.717, 1.165) is 0 Å². The van der Waals surface area contributed by atoms with Gasteiger partial charge in [0.05, 0.1) is 5.92 Å². The summed E-state index contributed by atoms with van der Waals surface area (Å²) in [6.07, 6.45) is 1.03. The highest BCUT2D eigenvalue weighted by Crippen LogP contribution is 2.20. The van der Waals surface area contributed by atoms with Gasteiger partial charge in [-0.05, 0) is 31.0 Å². The van der Waals surface area contributed by atoms with E-state index < -0.39 is 5.97 Å². The van der Waals surface area contributed by atoms with Crippen molar-refractivity contribution in [2.24, 2.45) is 5.92 Å². The maximum absolute atomic E-state index is 12.1. The lowest BCUT2D eigenvalue weighted by molar-refractivity contribution is -0.143. The molecule has 1 fully saturated rings.